The molecule has 3 saturated carbocycles. The van der Waals surface area contributed by atoms with Crippen molar-refractivity contribution in [3.63, 3.8) is 0 Å². The van der Waals surface area contributed by atoms with Crippen molar-refractivity contribution in [2.45, 2.75) is 130 Å². The van der Waals surface area contributed by atoms with E-state index in [2.05, 4.69) is 39.1 Å². The molecule has 0 heterocycles. The Morgan fingerprint density at radius 1 is 1.05 bits per heavy atom. The Balaban J connectivity index is 1.23. The van der Waals surface area contributed by atoms with Crippen LogP contribution in [-0.2, 0) is 13.8 Å². The van der Waals surface area contributed by atoms with Crippen LogP contribution in [0.1, 0.15) is 124 Å². The van der Waals surface area contributed by atoms with Crippen LogP contribution in [-0.4, -0.2) is 48.6 Å². The van der Waals surface area contributed by atoms with Crippen molar-refractivity contribution in [3.8, 4) is 0 Å². The predicted molar refractivity (Wildman–Crippen MR) is 173 cm³/mol. The highest BCUT2D eigenvalue weighted by atomic mass is 31.2. The third-order valence-corrected chi connectivity index (χ3v) is 13.1. The van der Waals surface area contributed by atoms with Gasteiger partial charge in [0.25, 0.3) is 0 Å². The van der Waals surface area contributed by atoms with Gasteiger partial charge >= 0.3 is 13.7 Å². The van der Waals surface area contributed by atoms with Crippen LogP contribution in [0, 0.1) is 46.3 Å². The van der Waals surface area contributed by atoms with Gasteiger partial charge in [0, 0.05) is 26.2 Å². The highest BCUT2D eigenvalue weighted by molar-refractivity contribution is 7.51. The van der Waals surface area contributed by atoms with E-state index in [-0.39, 0.29) is 17.6 Å². The van der Waals surface area contributed by atoms with Crippen LogP contribution in [0.15, 0.2) is 11.6 Å². The molecule has 3 N–H and O–H groups in total. The van der Waals surface area contributed by atoms with Crippen LogP contribution in [0.4, 0.5) is 4.79 Å². The number of aliphatic hydroxyl groups is 1. The third kappa shape index (κ3) is 8.69. The summed E-state index contributed by atoms with van der Waals surface area (Å²) in [5, 5.41) is 12.3. The number of unbranched alkanes of at least 4 members (excludes halogenated alkanes) is 3. The predicted octanol–water partition coefficient (Wildman–Crippen LogP) is 8.49. The summed E-state index contributed by atoms with van der Waals surface area (Å²) in [6.45, 7) is 12.2. The van der Waals surface area contributed by atoms with Crippen molar-refractivity contribution in [2.24, 2.45) is 46.3 Å². The van der Waals surface area contributed by atoms with Gasteiger partial charge in [0.05, 0.1) is 6.61 Å². The van der Waals surface area contributed by atoms with Gasteiger partial charge in [-0.3, -0.25) is 4.57 Å². The summed E-state index contributed by atoms with van der Waals surface area (Å²) in [6.07, 6.45) is 19.0. The van der Waals surface area contributed by atoms with E-state index in [1.165, 1.54) is 51.6 Å². The molecule has 0 aromatic heterocycles. The molecule has 0 saturated heterocycles. The van der Waals surface area contributed by atoms with Crippen molar-refractivity contribution in [2.75, 3.05) is 26.4 Å². The Morgan fingerprint density at radius 3 is 2.56 bits per heavy atom. The lowest BCUT2D eigenvalue weighted by atomic mass is 9.47. The minimum absolute atomic E-state index is 0.0321. The number of allylic oxidation sites excluding steroid dienone is 1. The van der Waals surface area contributed by atoms with E-state index >= 15 is 0 Å². The van der Waals surface area contributed by atoms with E-state index in [4.69, 9.17) is 14.2 Å². The summed E-state index contributed by atoms with van der Waals surface area (Å²) in [6, 6.07) is 0. The largest absolute Gasteiger partial charge is 0.446 e. The molecule has 248 valence electrons. The quantitative estimate of drug-likeness (QED) is 0.0960. The number of nitrogens with one attached hydrogen (secondary N) is 1. The Labute approximate surface area is 261 Å². The van der Waals surface area contributed by atoms with Gasteiger partial charge in [-0.2, -0.15) is 0 Å². The van der Waals surface area contributed by atoms with Gasteiger partial charge in [-0.15, -0.1) is 0 Å². The minimum atomic E-state index is -3.38. The molecule has 0 aliphatic heterocycles. The SMILES string of the molecule is C[C@@H](CO)CCC[C@@H](C)[C@H]1CC[C@H]2[C@@H]3CC=C4C[C@@H](OC(=O)NCCCCCCOP(C)(=O)O)CC[C@]4(C)[C@H]3CC[C@]12C. The number of carbonyl (C=O) groups excluding carboxylic acids is 1. The summed E-state index contributed by atoms with van der Waals surface area (Å²) in [4.78, 5) is 21.7. The van der Waals surface area contributed by atoms with Crippen LogP contribution < -0.4 is 5.32 Å². The third-order valence-electron chi connectivity index (χ3n) is 12.4. The lowest BCUT2D eigenvalue weighted by molar-refractivity contribution is -0.0581. The van der Waals surface area contributed by atoms with Crippen LogP contribution in [0.25, 0.3) is 0 Å². The zero-order valence-corrected chi connectivity index (χ0v) is 28.7. The fraction of sp³-hybridized carbons (Fsp3) is 0.914. The van der Waals surface area contributed by atoms with Gasteiger partial charge in [-0.1, -0.05) is 65.0 Å². The summed E-state index contributed by atoms with van der Waals surface area (Å²) >= 11 is 0. The molecule has 4 aliphatic rings. The molecule has 4 rings (SSSR count). The summed E-state index contributed by atoms with van der Waals surface area (Å²) in [7, 11) is -3.38. The maximum atomic E-state index is 12.5. The molecule has 0 radical (unpaired) electrons. The maximum absolute atomic E-state index is 12.5. The van der Waals surface area contributed by atoms with Gasteiger partial charge in [0.15, 0.2) is 0 Å². The Bertz CT molecular complexity index is 997. The van der Waals surface area contributed by atoms with E-state index < -0.39 is 7.60 Å². The molecule has 4 aliphatic carbocycles. The normalized spacial score (nSPS) is 36.3. The summed E-state index contributed by atoms with van der Waals surface area (Å²) in [5.74, 6) is 4.41. The number of amides is 1. The molecule has 43 heavy (non-hydrogen) atoms. The fourth-order valence-electron chi connectivity index (χ4n) is 9.98. The first-order valence-electron chi connectivity index (χ1n) is 17.6. The van der Waals surface area contributed by atoms with E-state index in [1.54, 1.807) is 5.57 Å². The van der Waals surface area contributed by atoms with Crippen LogP contribution in [0.3, 0.4) is 0 Å². The van der Waals surface area contributed by atoms with E-state index in [9.17, 15) is 14.5 Å². The summed E-state index contributed by atoms with van der Waals surface area (Å²) in [5.41, 5.74) is 2.26. The average Bonchev–Trinajstić information content (AvgIpc) is 3.31. The second-order valence-corrected chi connectivity index (χ2v) is 17.3. The molecule has 0 aromatic rings. The Hall–Kier alpha value is -0.880. The number of rotatable bonds is 15. The van der Waals surface area contributed by atoms with Crippen molar-refractivity contribution in [1.29, 1.82) is 0 Å². The molecule has 3 fully saturated rings. The zero-order valence-electron chi connectivity index (χ0n) is 27.8. The molecule has 1 amide bonds. The fourth-order valence-corrected chi connectivity index (χ4v) is 10.5. The summed E-state index contributed by atoms with van der Waals surface area (Å²) < 4.78 is 21.9. The standard InChI is InChI=1S/C35H62NO6P/c1-25(24-37)11-10-12-26(2)30-15-16-31-29-14-13-27-23-28(17-19-34(27,3)32(29)18-20-35(30,31)4)42-33(38)36-21-8-6-7-9-22-41-43(5,39)40/h13,25-26,28-32,37H,6-12,14-24H2,1-5H3,(H,36,38)(H,39,40)/t25-,26-,28+,29+,30-,31+,32+,34+,35-/m1/s1. The molecule has 0 bridgehead atoms. The maximum Gasteiger partial charge on any atom is 0.407 e. The lowest BCUT2D eigenvalue weighted by Crippen LogP contribution is -2.51. The van der Waals surface area contributed by atoms with Gasteiger partial charge in [0.1, 0.15) is 6.10 Å². The zero-order chi connectivity index (χ0) is 31.3. The number of hydrogen-bond donors (Lipinski definition) is 3. The van der Waals surface area contributed by atoms with Gasteiger partial charge < -0.3 is 24.6 Å². The monoisotopic (exact) mass is 623 g/mol. The van der Waals surface area contributed by atoms with Crippen LogP contribution in [0.2, 0.25) is 0 Å². The second kappa shape index (κ2) is 15.1. The number of ether oxygens (including phenoxy) is 1. The van der Waals surface area contributed by atoms with Crippen molar-refractivity contribution in [3.05, 3.63) is 11.6 Å². The molecule has 10 atom stereocenters. The minimum Gasteiger partial charge on any atom is -0.446 e. The molecular weight excluding hydrogens is 561 g/mol. The second-order valence-electron chi connectivity index (χ2n) is 15.4. The Morgan fingerprint density at radius 2 is 1.81 bits per heavy atom. The highest BCUT2D eigenvalue weighted by Gasteiger charge is 2.59. The van der Waals surface area contributed by atoms with Crippen molar-refractivity contribution < 1.29 is 28.6 Å². The first kappa shape index (κ1) is 35.0. The highest BCUT2D eigenvalue weighted by Crippen LogP contribution is 2.67. The number of alkyl carbamates (subject to hydrolysis) is 1. The molecule has 7 nitrogen and oxygen atoms in total. The van der Waals surface area contributed by atoms with Crippen molar-refractivity contribution in [1.82, 2.24) is 5.32 Å². The topological polar surface area (TPSA) is 105 Å². The van der Waals surface area contributed by atoms with Crippen LogP contribution >= 0.6 is 7.60 Å². The van der Waals surface area contributed by atoms with Gasteiger partial charge in [0.2, 0.25) is 0 Å². The van der Waals surface area contributed by atoms with Gasteiger partial charge in [-0.05, 0) is 111 Å². The first-order valence-corrected chi connectivity index (χ1v) is 19.6. The molecule has 8 heteroatoms. The molecule has 1 unspecified atom stereocenters. The molecular formula is C35H62NO6P. The average molecular weight is 624 g/mol. The van der Waals surface area contributed by atoms with E-state index in [0.29, 0.717) is 31.1 Å². The van der Waals surface area contributed by atoms with Crippen LogP contribution in [0.5, 0.6) is 0 Å². The molecule has 0 spiro atoms. The number of fused-ring (bicyclic) bond motifs is 5. The number of carbonyl (C=O) groups is 1. The smallest absolute Gasteiger partial charge is 0.407 e. The lowest BCUT2D eigenvalue weighted by Gasteiger charge is -2.58. The Kier molecular flexibility index (Phi) is 12.3. The number of aliphatic hydroxyl groups excluding tert-OH is 1. The first-order chi connectivity index (χ1) is 20.4. The number of hydrogen-bond acceptors (Lipinski definition) is 5. The van der Waals surface area contributed by atoms with Crippen molar-refractivity contribution >= 4 is 13.7 Å². The molecule has 0 aromatic carbocycles. The van der Waals surface area contributed by atoms with E-state index in [0.717, 1.165) is 81.0 Å². The van der Waals surface area contributed by atoms with E-state index in [1.807, 2.05) is 0 Å². The van der Waals surface area contributed by atoms with Gasteiger partial charge in [-0.25, -0.2) is 4.79 Å².